The minimum Gasteiger partial charge on any atom is -0.378 e. The van der Waals surface area contributed by atoms with Gasteiger partial charge in [-0.1, -0.05) is 34.5 Å². The molecule has 0 amide bonds. The second-order valence-electron chi connectivity index (χ2n) is 4.79. The maximum atomic E-state index is 6.12. The lowest BCUT2D eigenvalue weighted by Crippen LogP contribution is -2.48. The summed E-state index contributed by atoms with van der Waals surface area (Å²) in [6, 6.07) is 6.49. The molecule has 3 nitrogen and oxygen atoms in total. The van der Waals surface area contributed by atoms with Crippen LogP contribution in [0.4, 0.5) is 0 Å². The molecular weight excluding hydrogens is 328 g/mol. The molecule has 0 aliphatic carbocycles. The second-order valence-corrected chi connectivity index (χ2v) is 6.08. The summed E-state index contributed by atoms with van der Waals surface area (Å²) >= 11 is 9.73. The van der Waals surface area contributed by atoms with Gasteiger partial charge in [0.25, 0.3) is 0 Å². The van der Waals surface area contributed by atoms with Gasteiger partial charge in [-0.05, 0) is 30.2 Å². The van der Waals surface area contributed by atoms with Crippen LogP contribution < -0.4 is 5.73 Å². The molecule has 1 aliphatic rings. The van der Waals surface area contributed by atoms with Gasteiger partial charge in [-0.25, -0.2) is 0 Å². The van der Waals surface area contributed by atoms with Crippen molar-refractivity contribution >= 4 is 27.5 Å². The molecule has 2 unspecified atom stereocenters. The summed E-state index contributed by atoms with van der Waals surface area (Å²) in [6.45, 7) is 5.23. The van der Waals surface area contributed by atoms with Crippen LogP contribution in [-0.2, 0) is 4.74 Å². The Morgan fingerprint density at radius 1 is 1.58 bits per heavy atom. The number of nitrogens with two attached hydrogens (primary N) is 1. The fraction of sp³-hybridized carbons (Fsp3) is 0.571. The normalized spacial score (nSPS) is 22.4. The van der Waals surface area contributed by atoms with Gasteiger partial charge in [0.2, 0.25) is 0 Å². The van der Waals surface area contributed by atoms with E-state index in [4.69, 9.17) is 22.1 Å². The molecular formula is C14H20BrClN2O. The Kier molecular flexibility index (Phi) is 5.66. The summed E-state index contributed by atoms with van der Waals surface area (Å²) in [7, 11) is 0. The van der Waals surface area contributed by atoms with E-state index >= 15 is 0 Å². The van der Waals surface area contributed by atoms with E-state index in [0.29, 0.717) is 12.6 Å². The van der Waals surface area contributed by atoms with Gasteiger partial charge in [0.1, 0.15) is 0 Å². The SMILES string of the molecule is CCC1COCCN1C(CN)c1cc(Cl)ccc1Br. The number of halogens is 2. The van der Waals surface area contributed by atoms with E-state index in [0.717, 1.165) is 41.2 Å². The van der Waals surface area contributed by atoms with Crippen LogP contribution in [0.25, 0.3) is 0 Å². The molecule has 2 rings (SSSR count). The standard InChI is InChI=1S/C14H20BrClN2O/c1-2-11-9-19-6-5-18(11)14(8-17)12-7-10(16)3-4-13(12)15/h3-4,7,11,14H,2,5-6,8-9,17H2,1H3. The molecule has 1 aliphatic heterocycles. The average molecular weight is 348 g/mol. The molecule has 0 bridgehead atoms. The number of ether oxygens (including phenoxy) is 1. The molecule has 2 N–H and O–H groups in total. The fourth-order valence-corrected chi connectivity index (χ4v) is 3.33. The van der Waals surface area contributed by atoms with E-state index in [1.165, 1.54) is 0 Å². The zero-order valence-corrected chi connectivity index (χ0v) is 13.5. The quantitative estimate of drug-likeness (QED) is 0.909. The maximum Gasteiger partial charge on any atom is 0.0622 e. The molecule has 0 spiro atoms. The van der Waals surface area contributed by atoms with Crippen LogP contribution in [0.1, 0.15) is 24.9 Å². The summed E-state index contributed by atoms with van der Waals surface area (Å²) in [5.41, 5.74) is 7.19. The third-order valence-electron chi connectivity index (χ3n) is 3.68. The van der Waals surface area contributed by atoms with Crippen molar-refractivity contribution in [3.63, 3.8) is 0 Å². The van der Waals surface area contributed by atoms with E-state index in [-0.39, 0.29) is 6.04 Å². The van der Waals surface area contributed by atoms with Crippen LogP contribution in [0.5, 0.6) is 0 Å². The Balaban J connectivity index is 2.29. The number of nitrogens with zero attached hydrogens (tertiary/aromatic N) is 1. The van der Waals surface area contributed by atoms with E-state index in [1.807, 2.05) is 18.2 Å². The molecule has 5 heteroatoms. The van der Waals surface area contributed by atoms with Crippen LogP contribution in [0.3, 0.4) is 0 Å². The predicted octanol–water partition coefficient (Wildman–Crippen LogP) is 3.21. The summed E-state index contributed by atoms with van der Waals surface area (Å²) in [4.78, 5) is 2.44. The number of hydrogen-bond acceptors (Lipinski definition) is 3. The van der Waals surface area contributed by atoms with E-state index in [1.54, 1.807) is 0 Å². The molecule has 0 aromatic heterocycles. The van der Waals surface area contributed by atoms with Gasteiger partial charge in [0.05, 0.1) is 13.2 Å². The molecule has 1 aromatic rings. The van der Waals surface area contributed by atoms with E-state index in [9.17, 15) is 0 Å². The molecule has 2 atom stereocenters. The Morgan fingerprint density at radius 3 is 3.05 bits per heavy atom. The largest absolute Gasteiger partial charge is 0.378 e. The minimum atomic E-state index is 0.182. The lowest BCUT2D eigenvalue weighted by Gasteiger charge is -2.40. The molecule has 106 valence electrons. The summed E-state index contributed by atoms with van der Waals surface area (Å²) in [5.74, 6) is 0. The van der Waals surface area contributed by atoms with Gasteiger partial charge >= 0.3 is 0 Å². The Labute approximate surface area is 128 Å². The first kappa shape index (κ1) is 15.3. The van der Waals surface area contributed by atoms with Crippen molar-refractivity contribution in [2.24, 2.45) is 5.73 Å². The summed E-state index contributed by atoms with van der Waals surface area (Å²) in [5, 5.41) is 0.748. The first-order valence-electron chi connectivity index (χ1n) is 6.65. The highest BCUT2D eigenvalue weighted by molar-refractivity contribution is 9.10. The zero-order chi connectivity index (χ0) is 13.8. The van der Waals surface area contributed by atoms with Crippen LogP contribution >= 0.6 is 27.5 Å². The highest BCUT2D eigenvalue weighted by Gasteiger charge is 2.29. The van der Waals surface area contributed by atoms with E-state index < -0.39 is 0 Å². The number of benzene rings is 1. The lowest BCUT2D eigenvalue weighted by atomic mass is 10.0. The number of hydrogen-bond donors (Lipinski definition) is 1. The van der Waals surface area contributed by atoms with Crippen molar-refractivity contribution in [3.8, 4) is 0 Å². The number of morpholine rings is 1. The highest BCUT2D eigenvalue weighted by atomic mass is 79.9. The van der Waals surface area contributed by atoms with Gasteiger partial charge in [-0.2, -0.15) is 0 Å². The smallest absolute Gasteiger partial charge is 0.0622 e. The van der Waals surface area contributed by atoms with Crippen molar-refractivity contribution in [2.75, 3.05) is 26.3 Å². The monoisotopic (exact) mass is 346 g/mol. The molecule has 1 heterocycles. The van der Waals surface area contributed by atoms with Gasteiger partial charge in [-0.15, -0.1) is 0 Å². The maximum absolute atomic E-state index is 6.12. The van der Waals surface area contributed by atoms with Gasteiger partial charge in [0, 0.05) is 34.7 Å². The third-order valence-corrected chi connectivity index (χ3v) is 4.64. The van der Waals surface area contributed by atoms with E-state index in [2.05, 4.69) is 27.8 Å². The second kappa shape index (κ2) is 7.04. The molecule has 19 heavy (non-hydrogen) atoms. The van der Waals surface area contributed by atoms with Crippen LogP contribution in [0.15, 0.2) is 22.7 Å². The minimum absolute atomic E-state index is 0.182. The fourth-order valence-electron chi connectivity index (χ4n) is 2.64. The van der Waals surface area contributed by atoms with Crippen LogP contribution in [0, 0.1) is 0 Å². The molecule has 1 fully saturated rings. The van der Waals surface area contributed by atoms with Crippen LogP contribution in [0.2, 0.25) is 5.02 Å². The van der Waals surface area contributed by atoms with Crippen molar-refractivity contribution in [1.29, 1.82) is 0 Å². The van der Waals surface area contributed by atoms with Crippen LogP contribution in [-0.4, -0.2) is 37.2 Å². The van der Waals surface area contributed by atoms with Crippen molar-refractivity contribution in [2.45, 2.75) is 25.4 Å². The average Bonchev–Trinajstić information content (AvgIpc) is 2.44. The van der Waals surface area contributed by atoms with Gasteiger partial charge in [0.15, 0.2) is 0 Å². The zero-order valence-electron chi connectivity index (χ0n) is 11.1. The number of rotatable bonds is 4. The summed E-state index contributed by atoms with van der Waals surface area (Å²) in [6.07, 6.45) is 1.06. The Hall–Kier alpha value is -0.130. The van der Waals surface area contributed by atoms with Gasteiger partial charge in [-0.3, -0.25) is 4.90 Å². The topological polar surface area (TPSA) is 38.5 Å². The van der Waals surface area contributed by atoms with Gasteiger partial charge < -0.3 is 10.5 Å². The Morgan fingerprint density at radius 2 is 2.37 bits per heavy atom. The predicted molar refractivity (Wildman–Crippen MR) is 82.6 cm³/mol. The molecule has 1 saturated heterocycles. The van der Waals surface area contributed by atoms with Crippen molar-refractivity contribution < 1.29 is 4.74 Å². The third kappa shape index (κ3) is 3.50. The molecule has 0 radical (unpaired) electrons. The van der Waals surface area contributed by atoms with Crippen molar-refractivity contribution in [3.05, 3.63) is 33.3 Å². The van der Waals surface area contributed by atoms with Crippen molar-refractivity contribution in [1.82, 2.24) is 4.90 Å². The summed E-state index contributed by atoms with van der Waals surface area (Å²) < 4.78 is 6.63. The first-order valence-corrected chi connectivity index (χ1v) is 7.83. The first-order chi connectivity index (χ1) is 9.17. The Bertz CT molecular complexity index is 430. The lowest BCUT2D eigenvalue weighted by molar-refractivity contribution is -0.0292. The molecule has 0 saturated carbocycles. The highest BCUT2D eigenvalue weighted by Crippen LogP contribution is 2.32. The molecule has 1 aromatic carbocycles.